The summed E-state index contributed by atoms with van der Waals surface area (Å²) in [5.41, 5.74) is 1.35. The van der Waals surface area contributed by atoms with Gasteiger partial charge in [0.2, 0.25) is 5.91 Å². The van der Waals surface area contributed by atoms with Gasteiger partial charge in [0.15, 0.2) is 5.75 Å². The number of para-hydroxylation sites is 3. The van der Waals surface area contributed by atoms with E-state index in [0.29, 0.717) is 27.6 Å². The lowest BCUT2D eigenvalue weighted by atomic mass is 10.2. The van der Waals surface area contributed by atoms with E-state index >= 15 is 0 Å². The molecular weight excluding hydrogens is 434 g/mol. The predicted octanol–water partition coefficient (Wildman–Crippen LogP) is 5.55. The van der Waals surface area contributed by atoms with Gasteiger partial charge < -0.3 is 10.1 Å². The summed E-state index contributed by atoms with van der Waals surface area (Å²) >= 11 is 7.67. The first-order valence-electron chi connectivity index (χ1n) is 9.70. The number of amides is 1. The number of aromatic nitrogens is 2. The zero-order chi connectivity index (χ0) is 22.0. The van der Waals surface area contributed by atoms with Crippen LogP contribution in [0.4, 0.5) is 5.69 Å². The number of fused-ring (bicyclic) bond motifs is 1. The van der Waals surface area contributed by atoms with Crippen molar-refractivity contribution < 1.29 is 9.53 Å². The summed E-state index contributed by atoms with van der Waals surface area (Å²) in [6, 6.07) is 14.2. The second-order valence-electron chi connectivity index (χ2n) is 7.03. The molecule has 0 aliphatic rings. The normalized spacial score (nSPS) is 10.9. The number of hydrogen-bond acceptors (Lipinski definition) is 5. The zero-order valence-corrected chi connectivity index (χ0v) is 18.6. The van der Waals surface area contributed by atoms with Crippen LogP contribution in [0.3, 0.4) is 0 Å². The van der Waals surface area contributed by atoms with Gasteiger partial charge in [-0.15, -0.1) is 11.3 Å². The number of aryl methyl sites for hydroxylation is 3. The fraction of sp³-hybridized carbons (Fsp3) is 0.174. The zero-order valence-electron chi connectivity index (χ0n) is 17.0. The molecule has 1 amide bonds. The number of carbonyl (C=O) groups is 1. The van der Waals surface area contributed by atoms with Gasteiger partial charge >= 0.3 is 0 Å². The van der Waals surface area contributed by atoms with Crippen LogP contribution in [-0.4, -0.2) is 15.5 Å². The monoisotopic (exact) mass is 453 g/mol. The van der Waals surface area contributed by atoms with Crippen molar-refractivity contribution in [2.75, 3.05) is 5.32 Å². The number of nitrogens with one attached hydrogen (secondary N) is 1. The molecule has 6 nitrogen and oxygen atoms in total. The van der Waals surface area contributed by atoms with E-state index in [2.05, 4.69) is 10.3 Å². The van der Waals surface area contributed by atoms with Crippen molar-refractivity contribution in [1.29, 1.82) is 0 Å². The molecule has 0 saturated carbocycles. The van der Waals surface area contributed by atoms with Crippen molar-refractivity contribution in [3.63, 3.8) is 0 Å². The van der Waals surface area contributed by atoms with Gasteiger partial charge in [-0.2, -0.15) is 0 Å². The second-order valence-corrected chi connectivity index (χ2v) is 8.64. The Balaban J connectivity index is 1.47. The molecule has 1 N–H and O–H groups in total. The average molecular weight is 454 g/mol. The molecule has 31 heavy (non-hydrogen) atoms. The minimum Gasteiger partial charge on any atom is -0.454 e. The van der Waals surface area contributed by atoms with Crippen LogP contribution in [0.1, 0.15) is 16.9 Å². The number of nitrogens with zero attached hydrogens (tertiary/aromatic N) is 2. The van der Waals surface area contributed by atoms with Crippen molar-refractivity contribution in [2.24, 2.45) is 0 Å². The molecule has 0 bridgehead atoms. The molecule has 0 aliphatic carbocycles. The molecule has 4 rings (SSSR count). The van der Waals surface area contributed by atoms with Crippen LogP contribution in [0.15, 0.2) is 59.7 Å². The summed E-state index contributed by atoms with van der Waals surface area (Å²) in [7, 11) is 0. The Morgan fingerprint density at radius 1 is 1.13 bits per heavy atom. The van der Waals surface area contributed by atoms with Gasteiger partial charge in [-0.25, -0.2) is 4.98 Å². The minimum absolute atomic E-state index is 0.121. The molecule has 8 heteroatoms. The van der Waals surface area contributed by atoms with Crippen molar-refractivity contribution >= 4 is 44.7 Å². The summed E-state index contributed by atoms with van der Waals surface area (Å²) < 4.78 is 7.36. The average Bonchev–Trinajstić information content (AvgIpc) is 3.05. The first-order chi connectivity index (χ1) is 14.9. The first-order valence-corrected chi connectivity index (χ1v) is 10.9. The van der Waals surface area contributed by atoms with Gasteiger partial charge in [-0.1, -0.05) is 35.9 Å². The van der Waals surface area contributed by atoms with E-state index in [4.69, 9.17) is 16.3 Å². The van der Waals surface area contributed by atoms with Crippen LogP contribution in [0.25, 0.3) is 10.2 Å². The number of hydrogen-bond donors (Lipinski definition) is 1. The van der Waals surface area contributed by atoms with Crippen molar-refractivity contribution in [3.8, 4) is 11.5 Å². The molecule has 158 valence electrons. The van der Waals surface area contributed by atoms with Gasteiger partial charge in [-0.3, -0.25) is 14.2 Å². The molecule has 0 aliphatic heterocycles. The van der Waals surface area contributed by atoms with Gasteiger partial charge in [0.25, 0.3) is 5.56 Å². The second kappa shape index (κ2) is 8.91. The Labute approximate surface area is 188 Å². The van der Waals surface area contributed by atoms with Crippen molar-refractivity contribution in [2.45, 2.75) is 26.8 Å². The molecule has 2 aromatic carbocycles. The van der Waals surface area contributed by atoms with E-state index < -0.39 is 0 Å². The molecule has 0 radical (unpaired) electrons. The highest BCUT2D eigenvalue weighted by Crippen LogP contribution is 2.33. The van der Waals surface area contributed by atoms with Crippen molar-refractivity contribution in [1.82, 2.24) is 9.55 Å². The molecule has 0 spiro atoms. The predicted molar refractivity (Wildman–Crippen MR) is 125 cm³/mol. The number of carbonyl (C=O) groups excluding carboxylic acids is 1. The standard InChI is InChI=1S/C23H20ClN3O3S/c1-14-15(2)31-22-21(14)23(29)27(13-25-22)12-11-20(28)26-17-8-4-6-10-19(17)30-18-9-5-3-7-16(18)24/h3-10,13H,11-12H2,1-2H3,(H,26,28). The largest absolute Gasteiger partial charge is 0.454 e. The number of thiophene rings is 1. The Kier molecular flexibility index (Phi) is 6.06. The molecule has 0 saturated heterocycles. The van der Waals surface area contributed by atoms with Crippen LogP contribution in [-0.2, 0) is 11.3 Å². The highest BCUT2D eigenvalue weighted by atomic mass is 35.5. The Morgan fingerprint density at radius 3 is 2.61 bits per heavy atom. The van der Waals surface area contributed by atoms with Gasteiger partial charge in [-0.05, 0) is 43.7 Å². The molecule has 2 aromatic heterocycles. The van der Waals surface area contributed by atoms with Gasteiger partial charge in [0, 0.05) is 17.8 Å². The lowest BCUT2D eigenvalue weighted by molar-refractivity contribution is -0.116. The van der Waals surface area contributed by atoms with E-state index in [-0.39, 0.29) is 24.4 Å². The maximum Gasteiger partial charge on any atom is 0.262 e. The minimum atomic E-state index is -0.236. The quantitative estimate of drug-likeness (QED) is 0.415. The van der Waals surface area contributed by atoms with Crippen LogP contribution in [0.5, 0.6) is 11.5 Å². The Bertz CT molecular complexity index is 1330. The summed E-state index contributed by atoms with van der Waals surface area (Å²) in [5, 5.41) is 3.96. The van der Waals surface area contributed by atoms with Crippen LogP contribution < -0.4 is 15.6 Å². The molecular formula is C23H20ClN3O3S. The van der Waals surface area contributed by atoms with E-state index in [0.717, 1.165) is 15.3 Å². The maximum absolute atomic E-state index is 12.8. The Morgan fingerprint density at radius 2 is 1.84 bits per heavy atom. The SMILES string of the molecule is Cc1sc2ncn(CCC(=O)Nc3ccccc3Oc3ccccc3Cl)c(=O)c2c1C. The molecule has 0 unspecified atom stereocenters. The van der Waals surface area contributed by atoms with Crippen LogP contribution in [0, 0.1) is 13.8 Å². The number of anilines is 1. The van der Waals surface area contributed by atoms with E-state index in [1.54, 1.807) is 30.3 Å². The fourth-order valence-electron chi connectivity index (χ4n) is 3.17. The van der Waals surface area contributed by atoms with E-state index in [1.807, 2.05) is 32.0 Å². The summed E-state index contributed by atoms with van der Waals surface area (Å²) in [4.78, 5) is 31.5. The van der Waals surface area contributed by atoms with Crippen LogP contribution >= 0.6 is 22.9 Å². The molecule has 0 fully saturated rings. The third-order valence-corrected chi connectivity index (χ3v) is 6.38. The molecule has 4 aromatic rings. The smallest absolute Gasteiger partial charge is 0.262 e. The molecule has 0 atom stereocenters. The fourth-order valence-corrected chi connectivity index (χ4v) is 4.33. The first kappa shape index (κ1) is 21.1. The van der Waals surface area contributed by atoms with Gasteiger partial charge in [0.1, 0.15) is 10.6 Å². The van der Waals surface area contributed by atoms with Crippen LogP contribution in [0.2, 0.25) is 5.02 Å². The van der Waals surface area contributed by atoms with E-state index in [1.165, 1.54) is 22.2 Å². The lowest BCUT2D eigenvalue weighted by Crippen LogP contribution is -2.23. The molecule has 2 heterocycles. The third kappa shape index (κ3) is 4.47. The third-order valence-electron chi connectivity index (χ3n) is 4.95. The summed E-state index contributed by atoms with van der Waals surface area (Å²) in [6.07, 6.45) is 1.62. The van der Waals surface area contributed by atoms with Gasteiger partial charge in [0.05, 0.1) is 22.4 Å². The summed E-state index contributed by atoms with van der Waals surface area (Å²) in [6.45, 7) is 4.13. The topological polar surface area (TPSA) is 73.2 Å². The van der Waals surface area contributed by atoms with Crippen molar-refractivity contribution in [3.05, 3.63) is 80.7 Å². The number of rotatable bonds is 6. The Hall–Kier alpha value is -3.16. The highest BCUT2D eigenvalue weighted by molar-refractivity contribution is 7.18. The number of benzene rings is 2. The summed E-state index contributed by atoms with van der Waals surface area (Å²) in [5.74, 6) is 0.743. The number of halogens is 1. The highest BCUT2D eigenvalue weighted by Gasteiger charge is 2.14. The number of ether oxygens (including phenoxy) is 1. The van der Waals surface area contributed by atoms with E-state index in [9.17, 15) is 9.59 Å². The maximum atomic E-state index is 12.8. The lowest BCUT2D eigenvalue weighted by Gasteiger charge is -2.13.